The second kappa shape index (κ2) is 3.86. The van der Waals surface area contributed by atoms with Gasteiger partial charge in [0.25, 0.3) is 0 Å². The second-order valence-corrected chi connectivity index (χ2v) is 3.42. The van der Waals surface area contributed by atoms with Gasteiger partial charge in [-0.05, 0) is 12.5 Å². The zero-order chi connectivity index (χ0) is 10.8. The van der Waals surface area contributed by atoms with Crippen molar-refractivity contribution in [1.29, 1.82) is 0 Å². The first-order valence-corrected chi connectivity index (χ1v) is 4.36. The zero-order valence-electron chi connectivity index (χ0n) is 8.18. The fourth-order valence-corrected chi connectivity index (χ4v) is 1.09. The fraction of sp³-hybridized carbons (Fsp3) is 0.364. The van der Waals surface area contributed by atoms with Gasteiger partial charge in [0, 0.05) is 13.3 Å². The number of carbonyl (C=O) groups excluding carboxylic acids is 1. The van der Waals surface area contributed by atoms with Crippen LogP contribution in [0.15, 0.2) is 24.3 Å². The molecule has 1 aromatic rings. The summed E-state index contributed by atoms with van der Waals surface area (Å²) in [6, 6.07) is 6.75. The lowest BCUT2D eigenvalue weighted by Gasteiger charge is -2.12. The molecule has 0 heterocycles. The molecule has 0 unspecified atom stereocenters. The molecule has 3 heteroatoms. The van der Waals surface area contributed by atoms with E-state index in [-0.39, 0.29) is 0 Å². The molecule has 1 nitrogen and oxygen atoms in total. The van der Waals surface area contributed by atoms with Crippen molar-refractivity contribution < 1.29 is 13.6 Å². The Morgan fingerprint density at radius 3 is 2.21 bits per heavy atom. The van der Waals surface area contributed by atoms with E-state index in [1.165, 1.54) is 0 Å². The van der Waals surface area contributed by atoms with E-state index in [0.717, 1.165) is 12.5 Å². The number of hydrogen-bond acceptors (Lipinski definition) is 1. The Morgan fingerprint density at radius 1 is 1.29 bits per heavy atom. The van der Waals surface area contributed by atoms with Crippen LogP contribution in [0.5, 0.6) is 0 Å². The van der Waals surface area contributed by atoms with Crippen molar-refractivity contribution in [3.63, 3.8) is 0 Å². The van der Waals surface area contributed by atoms with Crippen LogP contribution in [0, 0.1) is 6.92 Å². The van der Waals surface area contributed by atoms with Crippen LogP contribution in [0.3, 0.4) is 0 Å². The van der Waals surface area contributed by atoms with Gasteiger partial charge in [0.15, 0.2) is 5.78 Å². The smallest absolute Gasteiger partial charge is 0.293 e. The first-order chi connectivity index (χ1) is 6.42. The van der Waals surface area contributed by atoms with Crippen molar-refractivity contribution in [2.45, 2.75) is 26.2 Å². The summed E-state index contributed by atoms with van der Waals surface area (Å²) in [6.45, 7) is 2.79. The summed E-state index contributed by atoms with van der Waals surface area (Å²) in [6.07, 6.45) is -0.511. The second-order valence-electron chi connectivity index (χ2n) is 3.42. The summed E-state index contributed by atoms with van der Waals surface area (Å²) in [4.78, 5) is 10.6. The highest BCUT2D eigenvalue weighted by atomic mass is 19.3. The summed E-state index contributed by atoms with van der Waals surface area (Å²) in [7, 11) is 0. The van der Waals surface area contributed by atoms with E-state index in [0.29, 0.717) is 5.56 Å². The van der Waals surface area contributed by atoms with Crippen molar-refractivity contribution in [3.05, 3.63) is 35.4 Å². The Kier molecular flexibility index (Phi) is 2.99. The monoisotopic (exact) mass is 198 g/mol. The first kappa shape index (κ1) is 10.8. The standard InChI is InChI=1S/C11H12F2O/c1-8-3-5-10(6-4-8)7-11(12,13)9(2)14/h3-6H,7H2,1-2H3. The number of alkyl halides is 2. The number of Topliss-reactive ketones (excluding diaryl/α,β-unsaturated/α-hetero) is 1. The van der Waals surface area contributed by atoms with E-state index in [1.807, 2.05) is 6.92 Å². The van der Waals surface area contributed by atoms with E-state index in [9.17, 15) is 13.6 Å². The molecular formula is C11H12F2O. The van der Waals surface area contributed by atoms with Crippen LogP contribution in [-0.4, -0.2) is 11.7 Å². The lowest BCUT2D eigenvalue weighted by atomic mass is 10.0. The molecule has 0 aliphatic rings. The minimum atomic E-state index is -3.24. The minimum Gasteiger partial charge on any atom is -0.293 e. The number of rotatable bonds is 3. The van der Waals surface area contributed by atoms with Crippen LogP contribution in [0.2, 0.25) is 0 Å². The number of aryl methyl sites for hydroxylation is 1. The molecule has 1 aromatic carbocycles. The molecule has 0 saturated carbocycles. The van der Waals surface area contributed by atoms with E-state index >= 15 is 0 Å². The van der Waals surface area contributed by atoms with Gasteiger partial charge >= 0.3 is 5.92 Å². The quantitative estimate of drug-likeness (QED) is 0.729. The Bertz CT molecular complexity index is 328. The number of halogens is 2. The van der Waals surface area contributed by atoms with Gasteiger partial charge in [0.2, 0.25) is 0 Å². The highest BCUT2D eigenvalue weighted by molar-refractivity contribution is 5.83. The van der Waals surface area contributed by atoms with Gasteiger partial charge in [0.1, 0.15) is 0 Å². The number of hydrogen-bond donors (Lipinski definition) is 0. The van der Waals surface area contributed by atoms with Crippen LogP contribution in [-0.2, 0) is 11.2 Å². The van der Waals surface area contributed by atoms with E-state index in [1.54, 1.807) is 24.3 Å². The average molecular weight is 198 g/mol. The van der Waals surface area contributed by atoms with Gasteiger partial charge in [0.05, 0.1) is 0 Å². The summed E-state index contributed by atoms with van der Waals surface area (Å²) < 4.78 is 26.0. The number of ketones is 1. The highest BCUT2D eigenvalue weighted by Gasteiger charge is 2.34. The van der Waals surface area contributed by atoms with Gasteiger partial charge in [-0.25, -0.2) is 0 Å². The third-order valence-corrected chi connectivity index (χ3v) is 2.06. The summed E-state index contributed by atoms with van der Waals surface area (Å²) in [5.41, 5.74) is 1.50. The molecule has 0 spiro atoms. The lowest BCUT2D eigenvalue weighted by Crippen LogP contribution is -2.28. The summed E-state index contributed by atoms with van der Waals surface area (Å²) in [5, 5.41) is 0. The van der Waals surface area contributed by atoms with E-state index in [4.69, 9.17) is 0 Å². The van der Waals surface area contributed by atoms with Crippen molar-refractivity contribution in [1.82, 2.24) is 0 Å². The fourth-order valence-electron chi connectivity index (χ4n) is 1.09. The summed E-state index contributed by atoms with van der Waals surface area (Å²) >= 11 is 0. The van der Waals surface area contributed by atoms with Gasteiger partial charge in [-0.3, -0.25) is 4.79 Å². The maximum Gasteiger partial charge on any atom is 0.308 e. The molecule has 0 aliphatic heterocycles. The van der Waals surface area contributed by atoms with Crippen molar-refractivity contribution >= 4 is 5.78 Å². The molecule has 0 atom stereocenters. The van der Waals surface area contributed by atoms with Crippen molar-refractivity contribution in [2.75, 3.05) is 0 Å². The van der Waals surface area contributed by atoms with Gasteiger partial charge in [-0.2, -0.15) is 8.78 Å². The molecule has 0 N–H and O–H groups in total. The molecule has 0 fully saturated rings. The van der Waals surface area contributed by atoms with Crippen molar-refractivity contribution in [3.8, 4) is 0 Å². The zero-order valence-corrected chi connectivity index (χ0v) is 8.18. The molecule has 14 heavy (non-hydrogen) atoms. The van der Waals surface area contributed by atoms with Crippen LogP contribution >= 0.6 is 0 Å². The molecule has 0 radical (unpaired) electrons. The van der Waals surface area contributed by atoms with Gasteiger partial charge < -0.3 is 0 Å². The van der Waals surface area contributed by atoms with Crippen LogP contribution in [0.4, 0.5) is 8.78 Å². The third kappa shape index (κ3) is 2.62. The molecule has 0 bridgehead atoms. The Hall–Kier alpha value is -1.25. The lowest BCUT2D eigenvalue weighted by molar-refractivity contribution is -0.140. The molecule has 0 aliphatic carbocycles. The van der Waals surface area contributed by atoms with E-state index < -0.39 is 18.1 Å². The van der Waals surface area contributed by atoms with Gasteiger partial charge in [-0.15, -0.1) is 0 Å². The number of benzene rings is 1. The molecule has 0 amide bonds. The summed E-state index contributed by atoms with van der Waals surface area (Å²) in [5.74, 6) is -4.33. The molecule has 0 aromatic heterocycles. The Morgan fingerprint density at radius 2 is 1.79 bits per heavy atom. The maximum absolute atomic E-state index is 13.0. The third-order valence-electron chi connectivity index (χ3n) is 2.06. The van der Waals surface area contributed by atoms with Crippen molar-refractivity contribution in [2.24, 2.45) is 0 Å². The van der Waals surface area contributed by atoms with Crippen LogP contribution in [0.1, 0.15) is 18.1 Å². The Labute approximate surface area is 81.7 Å². The Balaban J connectivity index is 2.79. The first-order valence-electron chi connectivity index (χ1n) is 4.36. The molecule has 1 rings (SSSR count). The van der Waals surface area contributed by atoms with Crippen LogP contribution < -0.4 is 0 Å². The maximum atomic E-state index is 13.0. The highest BCUT2D eigenvalue weighted by Crippen LogP contribution is 2.21. The molecule has 76 valence electrons. The van der Waals surface area contributed by atoms with E-state index in [2.05, 4.69) is 0 Å². The minimum absolute atomic E-state index is 0.482. The largest absolute Gasteiger partial charge is 0.308 e. The predicted octanol–water partition coefficient (Wildman–Crippen LogP) is 2.76. The van der Waals surface area contributed by atoms with Gasteiger partial charge in [-0.1, -0.05) is 29.8 Å². The predicted molar refractivity (Wildman–Crippen MR) is 50.5 cm³/mol. The average Bonchev–Trinajstić information content (AvgIpc) is 2.08. The molecule has 0 saturated heterocycles. The van der Waals surface area contributed by atoms with Crippen LogP contribution in [0.25, 0.3) is 0 Å². The topological polar surface area (TPSA) is 17.1 Å². The molecular weight excluding hydrogens is 186 g/mol. The SMILES string of the molecule is CC(=O)C(F)(F)Cc1ccc(C)cc1. The normalized spacial score (nSPS) is 11.4. The number of carbonyl (C=O) groups is 1.